The average molecular weight is 272 g/mol. The van der Waals surface area contributed by atoms with Crippen molar-refractivity contribution in [3.8, 4) is 0 Å². The van der Waals surface area contributed by atoms with Gasteiger partial charge in [-0.15, -0.1) is 0 Å². The van der Waals surface area contributed by atoms with Crippen molar-refractivity contribution in [1.29, 1.82) is 0 Å². The SMILES string of the molecule is CCC1CCN(C2CC(C)c3ccccc3C2NC)C1. The first kappa shape index (κ1) is 14.1. The summed E-state index contributed by atoms with van der Waals surface area (Å²) in [4.78, 5) is 2.75. The second kappa shape index (κ2) is 5.87. The van der Waals surface area contributed by atoms with Crippen LogP contribution in [0.25, 0.3) is 0 Å². The van der Waals surface area contributed by atoms with Crippen molar-refractivity contribution in [2.24, 2.45) is 5.92 Å². The molecule has 4 atom stereocenters. The minimum Gasteiger partial charge on any atom is -0.312 e. The summed E-state index contributed by atoms with van der Waals surface area (Å²) in [7, 11) is 2.12. The lowest BCUT2D eigenvalue weighted by Crippen LogP contribution is -2.46. The van der Waals surface area contributed by atoms with Gasteiger partial charge in [0.25, 0.3) is 0 Å². The van der Waals surface area contributed by atoms with Gasteiger partial charge in [0.1, 0.15) is 0 Å². The maximum absolute atomic E-state index is 3.60. The molecular formula is C18H28N2. The lowest BCUT2D eigenvalue weighted by Gasteiger charge is -2.41. The van der Waals surface area contributed by atoms with Gasteiger partial charge in [-0.05, 0) is 49.4 Å². The topological polar surface area (TPSA) is 15.3 Å². The third-order valence-electron chi connectivity index (χ3n) is 5.52. The van der Waals surface area contributed by atoms with Crippen molar-refractivity contribution in [2.45, 2.75) is 51.1 Å². The van der Waals surface area contributed by atoms with Crippen LogP contribution in [0.2, 0.25) is 0 Å². The summed E-state index contributed by atoms with van der Waals surface area (Å²) in [5.74, 6) is 1.60. The Labute approximate surface area is 123 Å². The van der Waals surface area contributed by atoms with Crippen molar-refractivity contribution in [1.82, 2.24) is 10.2 Å². The highest BCUT2D eigenvalue weighted by atomic mass is 15.2. The second-order valence-electron chi connectivity index (χ2n) is 6.66. The molecule has 0 saturated carbocycles. The molecule has 0 bridgehead atoms. The van der Waals surface area contributed by atoms with E-state index in [1.807, 2.05) is 0 Å². The zero-order valence-corrected chi connectivity index (χ0v) is 13.1. The molecule has 110 valence electrons. The number of hydrogen-bond donors (Lipinski definition) is 1. The molecule has 1 heterocycles. The van der Waals surface area contributed by atoms with Crippen LogP contribution in [0.15, 0.2) is 24.3 Å². The van der Waals surface area contributed by atoms with E-state index < -0.39 is 0 Å². The van der Waals surface area contributed by atoms with Crippen LogP contribution in [0.3, 0.4) is 0 Å². The predicted molar refractivity (Wildman–Crippen MR) is 85.0 cm³/mol. The summed E-state index contributed by atoms with van der Waals surface area (Å²) >= 11 is 0. The molecule has 1 saturated heterocycles. The maximum Gasteiger partial charge on any atom is 0.0478 e. The predicted octanol–water partition coefficient (Wildman–Crippen LogP) is 3.55. The van der Waals surface area contributed by atoms with Gasteiger partial charge in [-0.1, -0.05) is 44.5 Å². The van der Waals surface area contributed by atoms with E-state index in [-0.39, 0.29) is 0 Å². The van der Waals surface area contributed by atoms with Crippen LogP contribution in [0.1, 0.15) is 56.2 Å². The summed E-state index contributed by atoms with van der Waals surface area (Å²) < 4.78 is 0. The molecule has 2 heteroatoms. The van der Waals surface area contributed by atoms with E-state index in [0.717, 1.165) is 5.92 Å². The molecule has 1 aliphatic carbocycles. The molecule has 1 aliphatic heterocycles. The molecule has 0 radical (unpaired) electrons. The molecule has 1 N–H and O–H groups in total. The normalized spacial score (nSPS) is 34.1. The molecule has 0 aromatic heterocycles. The molecule has 4 unspecified atom stereocenters. The number of benzene rings is 1. The average Bonchev–Trinajstić information content (AvgIpc) is 2.96. The molecular weight excluding hydrogens is 244 g/mol. The third-order valence-corrected chi connectivity index (χ3v) is 5.52. The Morgan fingerprint density at radius 2 is 2.00 bits per heavy atom. The van der Waals surface area contributed by atoms with Gasteiger partial charge < -0.3 is 5.32 Å². The van der Waals surface area contributed by atoms with E-state index in [2.05, 4.69) is 55.4 Å². The summed E-state index contributed by atoms with van der Waals surface area (Å²) in [6, 6.07) is 10.2. The van der Waals surface area contributed by atoms with E-state index in [9.17, 15) is 0 Å². The Morgan fingerprint density at radius 3 is 2.65 bits per heavy atom. The van der Waals surface area contributed by atoms with E-state index in [1.165, 1.54) is 37.9 Å². The highest BCUT2D eigenvalue weighted by Crippen LogP contribution is 2.41. The van der Waals surface area contributed by atoms with Crippen LogP contribution in [-0.2, 0) is 0 Å². The van der Waals surface area contributed by atoms with Crippen molar-refractivity contribution in [3.05, 3.63) is 35.4 Å². The quantitative estimate of drug-likeness (QED) is 0.905. The number of hydrogen-bond acceptors (Lipinski definition) is 2. The van der Waals surface area contributed by atoms with Crippen LogP contribution in [0.4, 0.5) is 0 Å². The van der Waals surface area contributed by atoms with Gasteiger partial charge in [0, 0.05) is 18.6 Å². The number of nitrogens with zero attached hydrogens (tertiary/aromatic N) is 1. The number of likely N-dealkylation sites (N-methyl/N-ethyl adjacent to an activating group) is 1. The zero-order chi connectivity index (χ0) is 14.1. The van der Waals surface area contributed by atoms with Crippen molar-refractivity contribution < 1.29 is 0 Å². The molecule has 1 fully saturated rings. The molecule has 2 nitrogen and oxygen atoms in total. The van der Waals surface area contributed by atoms with Gasteiger partial charge in [0.15, 0.2) is 0 Å². The Morgan fingerprint density at radius 1 is 1.25 bits per heavy atom. The number of rotatable bonds is 3. The smallest absolute Gasteiger partial charge is 0.0478 e. The number of nitrogens with one attached hydrogen (secondary N) is 1. The van der Waals surface area contributed by atoms with E-state index in [4.69, 9.17) is 0 Å². The molecule has 0 spiro atoms. The molecule has 2 aliphatic rings. The van der Waals surface area contributed by atoms with Crippen molar-refractivity contribution in [3.63, 3.8) is 0 Å². The van der Waals surface area contributed by atoms with Crippen molar-refractivity contribution in [2.75, 3.05) is 20.1 Å². The number of likely N-dealkylation sites (tertiary alicyclic amines) is 1. The fraction of sp³-hybridized carbons (Fsp3) is 0.667. The highest BCUT2D eigenvalue weighted by Gasteiger charge is 2.37. The second-order valence-corrected chi connectivity index (χ2v) is 6.66. The Hall–Kier alpha value is -0.860. The van der Waals surface area contributed by atoms with Gasteiger partial charge in [-0.2, -0.15) is 0 Å². The summed E-state index contributed by atoms with van der Waals surface area (Å²) in [6.07, 6.45) is 4.01. The first-order chi connectivity index (χ1) is 9.74. The standard InChI is InChI=1S/C18H28N2/c1-4-14-9-10-20(12-14)17-11-13(2)15-7-5-6-8-16(15)18(17)19-3/h5-8,13-14,17-19H,4,9-12H2,1-3H3. The maximum atomic E-state index is 3.60. The Kier molecular flexibility index (Phi) is 4.13. The van der Waals surface area contributed by atoms with Gasteiger partial charge in [0.2, 0.25) is 0 Å². The molecule has 20 heavy (non-hydrogen) atoms. The van der Waals surface area contributed by atoms with Gasteiger partial charge in [-0.25, -0.2) is 0 Å². The zero-order valence-electron chi connectivity index (χ0n) is 13.1. The molecule has 0 amide bonds. The lowest BCUT2D eigenvalue weighted by molar-refractivity contribution is 0.161. The van der Waals surface area contributed by atoms with Crippen LogP contribution < -0.4 is 5.32 Å². The van der Waals surface area contributed by atoms with Gasteiger partial charge in [-0.3, -0.25) is 4.90 Å². The van der Waals surface area contributed by atoms with Crippen LogP contribution in [-0.4, -0.2) is 31.1 Å². The van der Waals surface area contributed by atoms with E-state index in [1.54, 1.807) is 5.56 Å². The lowest BCUT2D eigenvalue weighted by atomic mass is 9.77. The monoisotopic (exact) mass is 272 g/mol. The van der Waals surface area contributed by atoms with Crippen LogP contribution >= 0.6 is 0 Å². The van der Waals surface area contributed by atoms with Gasteiger partial charge in [0.05, 0.1) is 0 Å². The van der Waals surface area contributed by atoms with Crippen LogP contribution in [0.5, 0.6) is 0 Å². The first-order valence-corrected chi connectivity index (χ1v) is 8.24. The van der Waals surface area contributed by atoms with E-state index >= 15 is 0 Å². The molecule has 1 aromatic carbocycles. The molecule has 3 rings (SSSR count). The van der Waals surface area contributed by atoms with Gasteiger partial charge >= 0.3 is 0 Å². The summed E-state index contributed by atoms with van der Waals surface area (Å²) in [6.45, 7) is 7.32. The fourth-order valence-electron chi connectivity index (χ4n) is 4.28. The minimum atomic E-state index is 0.498. The minimum absolute atomic E-state index is 0.498. The fourth-order valence-corrected chi connectivity index (χ4v) is 4.28. The third kappa shape index (κ3) is 2.40. The molecule has 1 aromatic rings. The summed E-state index contributed by atoms with van der Waals surface area (Å²) in [5, 5.41) is 3.60. The van der Waals surface area contributed by atoms with Crippen LogP contribution in [0, 0.1) is 5.92 Å². The largest absolute Gasteiger partial charge is 0.312 e. The number of fused-ring (bicyclic) bond motifs is 1. The Bertz CT molecular complexity index is 456. The first-order valence-electron chi connectivity index (χ1n) is 8.24. The summed E-state index contributed by atoms with van der Waals surface area (Å²) in [5.41, 5.74) is 3.08. The van der Waals surface area contributed by atoms with Crippen molar-refractivity contribution >= 4 is 0 Å². The van der Waals surface area contributed by atoms with E-state index in [0.29, 0.717) is 18.0 Å². The highest BCUT2D eigenvalue weighted by molar-refractivity contribution is 5.36. The Balaban J connectivity index is 1.86.